The highest BCUT2D eigenvalue weighted by Gasteiger charge is 2.30. The zero-order valence-electron chi connectivity index (χ0n) is 16.7. The molecule has 1 amide bonds. The van der Waals surface area contributed by atoms with E-state index >= 15 is 0 Å². The molecule has 2 aromatic rings. The van der Waals surface area contributed by atoms with Crippen molar-refractivity contribution < 1.29 is 22.7 Å². The Hall–Kier alpha value is -2.56. The Morgan fingerprint density at radius 2 is 1.80 bits per heavy atom. The van der Waals surface area contributed by atoms with Crippen LogP contribution in [0, 0.1) is 6.92 Å². The van der Waals surface area contributed by atoms with E-state index in [1.807, 2.05) is 13.0 Å². The molecule has 3 heterocycles. The molecule has 1 atom stereocenters. The molecule has 9 nitrogen and oxygen atoms in total. The Kier molecular flexibility index (Phi) is 5.98. The monoisotopic (exact) mass is 432 g/mol. The molecule has 30 heavy (non-hydrogen) atoms. The van der Waals surface area contributed by atoms with Gasteiger partial charge < -0.3 is 14.4 Å². The maximum absolute atomic E-state index is 12.8. The molecular formula is C20H24N4O5S. The molecule has 2 aliphatic rings. The van der Waals surface area contributed by atoms with Crippen LogP contribution in [0.25, 0.3) is 0 Å². The SMILES string of the molecule is Cc1ccc(OC2CCN(C(=O)c3ccc(S(=O)(=O)N4CCOCC4)cc3)C2)nn1. The summed E-state index contributed by atoms with van der Waals surface area (Å²) >= 11 is 0. The van der Waals surface area contributed by atoms with Crippen molar-refractivity contribution in [1.29, 1.82) is 0 Å². The smallest absolute Gasteiger partial charge is 0.253 e. The van der Waals surface area contributed by atoms with E-state index < -0.39 is 10.0 Å². The van der Waals surface area contributed by atoms with Crippen molar-refractivity contribution in [2.75, 3.05) is 39.4 Å². The number of ether oxygens (including phenoxy) is 2. The Balaban J connectivity index is 1.38. The molecular weight excluding hydrogens is 408 g/mol. The minimum absolute atomic E-state index is 0.146. The zero-order valence-corrected chi connectivity index (χ0v) is 17.5. The number of rotatable bonds is 5. The fourth-order valence-electron chi connectivity index (χ4n) is 3.52. The van der Waals surface area contributed by atoms with Gasteiger partial charge in [-0.3, -0.25) is 4.79 Å². The van der Waals surface area contributed by atoms with Crippen molar-refractivity contribution in [2.24, 2.45) is 0 Å². The van der Waals surface area contributed by atoms with E-state index in [0.717, 1.165) is 5.69 Å². The van der Waals surface area contributed by atoms with E-state index in [0.29, 0.717) is 57.3 Å². The molecule has 0 radical (unpaired) electrons. The van der Waals surface area contributed by atoms with Gasteiger partial charge in [0.15, 0.2) is 0 Å². The van der Waals surface area contributed by atoms with Gasteiger partial charge in [0.25, 0.3) is 5.91 Å². The summed E-state index contributed by atoms with van der Waals surface area (Å²) in [5.41, 5.74) is 1.26. The van der Waals surface area contributed by atoms with Gasteiger partial charge in [0.05, 0.1) is 30.3 Å². The summed E-state index contributed by atoms with van der Waals surface area (Å²) < 4.78 is 37.9. The van der Waals surface area contributed by atoms with Crippen LogP contribution >= 0.6 is 0 Å². The van der Waals surface area contributed by atoms with Crippen molar-refractivity contribution in [2.45, 2.75) is 24.3 Å². The number of morpholine rings is 1. The van der Waals surface area contributed by atoms with Crippen LogP contribution in [0.3, 0.4) is 0 Å². The molecule has 0 spiro atoms. The molecule has 2 saturated heterocycles. The normalized spacial score (nSPS) is 20.3. The third-order valence-electron chi connectivity index (χ3n) is 5.20. The minimum atomic E-state index is -3.57. The summed E-state index contributed by atoms with van der Waals surface area (Å²) in [7, 11) is -3.57. The number of amides is 1. The number of aromatic nitrogens is 2. The topological polar surface area (TPSA) is 102 Å². The first-order valence-electron chi connectivity index (χ1n) is 9.88. The highest BCUT2D eigenvalue weighted by molar-refractivity contribution is 7.89. The second-order valence-electron chi connectivity index (χ2n) is 7.33. The molecule has 1 aromatic carbocycles. The van der Waals surface area contributed by atoms with Crippen LogP contribution in [0.2, 0.25) is 0 Å². The number of nitrogens with zero attached hydrogens (tertiary/aromatic N) is 4. The van der Waals surface area contributed by atoms with Crippen molar-refractivity contribution >= 4 is 15.9 Å². The van der Waals surface area contributed by atoms with Gasteiger partial charge in [-0.05, 0) is 37.3 Å². The summed E-state index contributed by atoms with van der Waals surface area (Å²) in [4.78, 5) is 14.7. The van der Waals surface area contributed by atoms with E-state index in [-0.39, 0.29) is 16.9 Å². The van der Waals surface area contributed by atoms with Gasteiger partial charge >= 0.3 is 0 Å². The number of hydrogen-bond acceptors (Lipinski definition) is 7. The first-order chi connectivity index (χ1) is 14.4. The van der Waals surface area contributed by atoms with E-state index in [2.05, 4.69) is 10.2 Å². The van der Waals surface area contributed by atoms with Gasteiger partial charge in [0.2, 0.25) is 15.9 Å². The molecule has 0 N–H and O–H groups in total. The molecule has 0 saturated carbocycles. The van der Waals surface area contributed by atoms with Crippen molar-refractivity contribution in [3.8, 4) is 5.88 Å². The molecule has 1 unspecified atom stereocenters. The van der Waals surface area contributed by atoms with Crippen LogP contribution in [-0.4, -0.2) is 79.2 Å². The van der Waals surface area contributed by atoms with Gasteiger partial charge in [-0.2, -0.15) is 9.40 Å². The minimum Gasteiger partial charge on any atom is -0.471 e. The predicted molar refractivity (Wildman–Crippen MR) is 108 cm³/mol. The lowest BCUT2D eigenvalue weighted by molar-refractivity contribution is 0.0730. The van der Waals surface area contributed by atoms with E-state index in [1.54, 1.807) is 23.1 Å². The molecule has 2 aliphatic heterocycles. The number of carbonyl (C=O) groups excluding carboxylic acids is 1. The van der Waals surface area contributed by atoms with Crippen LogP contribution in [0.4, 0.5) is 0 Å². The molecule has 1 aromatic heterocycles. The average molecular weight is 433 g/mol. The van der Waals surface area contributed by atoms with Crippen molar-refractivity contribution in [3.05, 3.63) is 47.7 Å². The van der Waals surface area contributed by atoms with Crippen LogP contribution in [0.1, 0.15) is 22.5 Å². The fourth-order valence-corrected chi connectivity index (χ4v) is 4.93. The van der Waals surface area contributed by atoms with Gasteiger partial charge in [-0.1, -0.05) is 0 Å². The molecule has 160 valence electrons. The Morgan fingerprint density at radius 1 is 1.07 bits per heavy atom. The summed E-state index contributed by atoms with van der Waals surface area (Å²) in [5.74, 6) is 0.295. The van der Waals surface area contributed by atoms with Gasteiger partial charge in [0, 0.05) is 37.7 Å². The number of hydrogen-bond donors (Lipinski definition) is 0. The number of carbonyl (C=O) groups is 1. The second kappa shape index (κ2) is 8.66. The molecule has 0 aliphatic carbocycles. The first kappa shape index (κ1) is 20.7. The predicted octanol–water partition coefficient (Wildman–Crippen LogP) is 1.10. The number of benzene rings is 1. The van der Waals surface area contributed by atoms with Crippen molar-refractivity contribution in [3.63, 3.8) is 0 Å². The van der Waals surface area contributed by atoms with Gasteiger partial charge in [0.1, 0.15) is 6.10 Å². The molecule has 10 heteroatoms. The fraction of sp³-hybridized carbons (Fsp3) is 0.450. The Labute approximate surface area is 175 Å². The van der Waals surface area contributed by atoms with E-state index in [9.17, 15) is 13.2 Å². The zero-order chi connectivity index (χ0) is 21.1. The van der Waals surface area contributed by atoms with Crippen LogP contribution in [0.5, 0.6) is 5.88 Å². The second-order valence-corrected chi connectivity index (χ2v) is 9.27. The largest absolute Gasteiger partial charge is 0.471 e. The van der Waals surface area contributed by atoms with Gasteiger partial charge in [-0.25, -0.2) is 8.42 Å². The molecule has 4 rings (SSSR count). The molecule has 2 fully saturated rings. The third-order valence-corrected chi connectivity index (χ3v) is 7.12. The number of sulfonamides is 1. The lowest BCUT2D eigenvalue weighted by Crippen LogP contribution is -2.40. The highest BCUT2D eigenvalue weighted by Crippen LogP contribution is 2.21. The highest BCUT2D eigenvalue weighted by atomic mass is 32.2. The summed E-state index contributed by atoms with van der Waals surface area (Å²) in [6.07, 6.45) is 0.553. The lowest BCUT2D eigenvalue weighted by Gasteiger charge is -2.26. The van der Waals surface area contributed by atoms with E-state index in [1.165, 1.54) is 16.4 Å². The molecule has 0 bridgehead atoms. The summed E-state index contributed by atoms with van der Waals surface area (Å²) in [5, 5.41) is 7.97. The number of aryl methyl sites for hydroxylation is 1. The van der Waals surface area contributed by atoms with Crippen molar-refractivity contribution in [1.82, 2.24) is 19.4 Å². The van der Waals surface area contributed by atoms with Gasteiger partial charge in [-0.15, -0.1) is 5.10 Å². The number of likely N-dealkylation sites (tertiary alicyclic amines) is 1. The quantitative estimate of drug-likeness (QED) is 0.697. The average Bonchev–Trinajstić information content (AvgIpc) is 3.24. The maximum Gasteiger partial charge on any atom is 0.253 e. The first-order valence-corrected chi connectivity index (χ1v) is 11.3. The van der Waals surface area contributed by atoms with E-state index in [4.69, 9.17) is 9.47 Å². The lowest BCUT2D eigenvalue weighted by atomic mass is 10.2. The Morgan fingerprint density at radius 3 is 2.47 bits per heavy atom. The third kappa shape index (κ3) is 4.45. The summed E-state index contributed by atoms with van der Waals surface area (Å²) in [6.45, 7) is 4.32. The summed E-state index contributed by atoms with van der Waals surface area (Å²) in [6, 6.07) is 9.70. The Bertz CT molecular complexity index is 989. The van der Waals surface area contributed by atoms with Crippen LogP contribution in [0.15, 0.2) is 41.3 Å². The van der Waals surface area contributed by atoms with Crippen LogP contribution in [-0.2, 0) is 14.8 Å². The standard InChI is InChI=1S/C20H24N4O5S/c1-15-2-7-19(22-21-15)29-17-8-9-23(14-17)20(25)16-3-5-18(6-4-16)30(26,27)24-10-12-28-13-11-24/h2-7,17H,8-14H2,1H3. The maximum atomic E-state index is 12.8. The van der Waals surface area contributed by atoms with Crippen LogP contribution < -0.4 is 4.74 Å².